The molecule has 0 saturated carbocycles. The topological polar surface area (TPSA) is 61.3 Å². The summed E-state index contributed by atoms with van der Waals surface area (Å²) in [5, 5.41) is 0. The second-order valence-electron chi connectivity index (χ2n) is 11.8. The van der Waals surface area contributed by atoms with Crippen LogP contribution in [0.3, 0.4) is 0 Å². The predicted molar refractivity (Wildman–Crippen MR) is 173 cm³/mol. The minimum absolute atomic E-state index is 0.0786. The summed E-state index contributed by atoms with van der Waals surface area (Å²) >= 11 is 1.21. The molecule has 0 bridgehead atoms. The van der Waals surface area contributed by atoms with Gasteiger partial charge in [0.15, 0.2) is 0 Å². The summed E-state index contributed by atoms with van der Waals surface area (Å²) in [5.74, 6) is 0.572. The van der Waals surface area contributed by atoms with Crippen LogP contribution in [0.15, 0.2) is 30.4 Å². The monoisotopic (exact) mass is 588 g/mol. The first kappa shape index (κ1) is 35.2. The average molecular weight is 589 g/mol. The van der Waals surface area contributed by atoms with E-state index in [1.807, 2.05) is 6.92 Å². The van der Waals surface area contributed by atoms with Gasteiger partial charge in [0.1, 0.15) is 12.2 Å². The Morgan fingerprint density at radius 2 is 1.59 bits per heavy atom. The minimum Gasteiger partial charge on any atom is -0.475 e. The largest absolute Gasteiger partial charge is 0.475 e. The van der Waals surface area contributed by atoms with Gasteiger partial charge in [0.05, 0.1) is 31.9 Å². The fraction of sp³-hybridized carbons (Fsp3) is 0.735. The SMILES string of the molecule is CCCCC/C=C\C/C=C\CCCCCCCC(=O)OC(C)[N+]1(C)CCC=C(c2nsnc2OCCCCCC)C1. The van der Waals surface area contributed by atoms with Gasteiger partial charge in [-0.05, 0) is 44.9 Å². The molecule has 7 heteroatoms. The van der Waals surface area contributed by atoms with E-state index in [-0.39, 0.29) is 12.2 Å². The van der Waals surface area contributed by atoms with Crippen LogP contribution < -0.4 is 4.74 Å². The fourth-order valence-corrected chi connectivity index (χ4v) is 5.71. The van der Waals surface area contributed by atoms with Crippen molar-refractivity contribution in [3.05, 3.63) is 36.1 Å². The van der Waals surface area contributed by atoms with Crippen LogP contribution in [-0.2, 0) is 9.53 Å². The van der Waals surface area contributed by atoms with E-state index in [2.05, 4.69) is 60.0 Å². The lowest BCUT2D eigenvalue weighted by molar-refractivity contribution is -0.944. The van der Waals surface area contributed by atoms with Crippen LogP contribution in [0.1, 0.15) is 136 Å². The van der Waals surface area contributed by atoms with Crippen molar-refractivity contribution in [2.45, 2.75) is 136 Å². The maximum absolute atomic E-state index is 12.6. The number of quaternary nitrogens is 1. The van der Waals surface area contributed by atoms with Crippen LogP contribution in [0.2, 0.25) is 0 Å². The molecular weight excluding hydrogens is 530 g/mol. The first-order chi connectivity index (χ1) is 20.0. The first-order valence-electron chi connectivity index (χ1n) is 16.5. The molecule has 1 aromatic rings. The third-order valence-corrected chi connectivity index (χ3v) is 8.58. The molecule has 2 unspecified atom stereocenters. The lowest BCUT2D eigenvalue weighted by Crippen LogP contribution is -2.55. The van der Waals surface area contributed by atoms with Crippen LogP contribution >= 0.6 is 11.7 Å². The van der Waals surface area contributed by atoms with Crippen LogP contribution in [0, 0.1) is 0 Å². The van der Waals surface area contributed by atoms with Crippen LogP contribution in [0.4, 0.5) is 0 Å². The Labute approximate surface area is 255 Å². The number of esters is 1. The molecule has 0 aromatic carbocycles. The van der Waals surface area contributed by atoms with Gasteiger partial charge in [0.25, 0.3) is 5.88 Å². The molecule has 232 valence electrons. The zero-order valence-corrected chi connectivity index (χ0v) is 27.4. The van der Waals surface area contributed by atoms with Crippen molar-refractivity contribution in [3.63, 3.8) is 0 Å². The highest BCUT2D eigenvalue weighted by atomic mass is 32.1. The number of carbonyl (C=O) groups is 1. The van der Waals surface area contributed by atoms with Crippen molar-refractivity contribution in [2.75, 3.05) is 26.7 Å². The zero-order valence-electron chi connectivity index (χ0n) is 26.6. The van der Waals surface area contributed by atoms with Crippen molar-refractivity contribution < 1.29 is 18.8 Å². The number of aromatic nitrogens is 2. The summed E-state index contributed by atoms with van der Waals surface area (Å²) in [7, 11) is 2.17. The van der Waals surface area contributed by atoms with Crippen molar-refractivity contribution in [1.82, 2.24) is 8.75 Å². The molecule has 41 heavy (non-hydrogen) atoms. The minimum atomic E-state index is -0.200. The van der Waals surface area contributed by atoms with Crippen LogP contribution in [0.25, 0.3) is 5.57 Å². The summed E-state index contributed by atoms with van der Waals surface area (Å²) in [6, 6.07) is 0. The summed E-state index contributed by atoms with van der Waals surface area (Å²) in [6.07, 6.45) is 30.3. The molecule has 2 heterocycles. The number of hydrogen-bond donors (Lipinski definition) is 0. The average Bonchev–Trinajstić information content (AvgIpc) is 3.43. The van der Waals surface area contributed by atoms with E-state index >= 15 is 0 Å². The molecule has 6 nitrogen and oxygen atoms in total. The molecule has 0 amide bonds. The Kier molecular flexibility index (Phi) is 18.6. The molecule has 0 aliphatic carbocycles. The first-order valence-corrected chi connectivity index (χ1v) is 17.2. The van der Waals surface area contributed by atoms with Crippen molar-refractivity contribution in [2.24, 2.45) is 0 Å². The Bertz CT molecular complexity index is 926. The summed E-state index contributed by atoms with van der Waals surface area (Å²) < 4.78 is 21.6. The lowest BCUT2D eigenvalue weighted by Gasteiger charge is -2.41. The summed E-state index contributed by atoms with van der Waals surface area (Å²) in [4.78, 5) is 12.6. The van der Waals surface area contributed by atoms with Gasteiger partial charge in [-0.2, -0.15) is 4.37 Å². The van der Waals surface area contributed by atoms with E-state index in [9.17, 15) is 4.79 Å². The molecule has 0 saturated heterocycles. The van der Waals surface area contributed by atoms with Crippen LogP contribution in [-0.4, -0.2) is 52.2 Å². The van der Waals surface area contributed by atoms with Gasteiger partial charge < -0.3 is 9.47 Å². The molecule has 1 aliphatic rings. The number of hydrogen-bond acceptors (Lipinski definition) is 6. The number of rotatable bonds is 23. The lowest BCUT2D eigenvalue weighted by atomic mass is 10.0. The maximum Gasteiger partial charge on any atom is 0.310 e. The van der Waals surface area contributed by atoms with Gasteiger partial charge >= 0.3 is 5.97 Å². The molecule has 2 rings (SSSR count). The highest BCUT2D eigenvalue weighted by Crippen LogP contribution is 2.31. The Morgan fingerprint density at radius 3 is 2.34 bits per heavy atom. The Morgan fingerprint density at radius 1 is 0.927 bits per heavy atom. The standard InChI is InChI=1S/C34H58N3O3S/c1-5-7-9-11-12-13-14-15-16-17-18-19-20-21-22-26-32(38)40-30(3)37(4)27-24-25-31(29-37)33-34(36-41-35-33)39-28-23-10-8-6-2/h12-13,15-16,25,30H,5-11,14,17-24,26-29H2,1-4H3/q+1/b13-12-,16-15-. The van der Waals surface area contributed by atoms with E-state index in [1.165, 1.54) is 75.9 Å². The molecule has 1 aromatic heterocycles. The molecule has 2 atom stereocenters. The second-order valence-corrected chi connectivity index (χ2v) is 12.3. The van der Waals surface area contributed by atoms with Gasteiger partial charge in [-0.15, -0.1) is 4.37 Å². The number of likely N-dealkylation sites (N-methyl/N-ethyl adjacent to an activating group) is 1. The normalized spacial score (nSPS) is 18.2. The zero-order chi connectivity index (χ0) is 29.6. The van der Waals surface area contributed by atoms with E-state index in [0.717, 1.165) is 62.9 Å². The quantitative estimate of drug-likeness (QED) is 0.0551. The number of ether oxygens (including phenoxy) is 2. The maximum atomic E-state index is 12.6. The van der Waals surface area contributed by atoms with Crippen LogP contribution in [0.5, 0.6) is 5.88 Å². The predicted octanol–water partition coefficient (Wildman–Crippen LogP) is 9.43. The number of nitrogens with zero attached hydrogens (tertiary/aromatic N) is 3. The van der Waals surface area contributed by atoms with Gasteiger partial charge in [0.2, 0.25) is 6.23 Å². The smallest absolute Gasteiger partial charge is 0.310 e. The Hall–Kier alpha value is -1.99. The van der Waals surface area contributed by atoms with E-state index in [1.54, 1.807) is 0 Å². The van der Waals surface area contributed by atoms with Crippen molar-refractivity contribution in [1.29, 1.82) is 0 Å². The van der Waals surface area contributed by atoms with Gasteiger partial charge in [-0.25, -0.2) is 0 Å². The van der Waals surface area contributed by atoms with Gasteiger partial charge in [0, 0.05) is 25.3 Å². The molecule has 0 radical (unpaired) electrons. The molecule has 0 N–H and O–H groups in total. The molecule has 1 aliphatic heterocycles. The molecule has 0 fully saturated rings. The number of carbonyl (C=O) groups excluding carboxylic acids is 1. The number of unbranched alkanes of at least 4 members (excludes halogenated alkanes) is 11. The third kappa shape index (κ3) is 14.6. The number of allylic oxidation sites excluding steroid dienone is 4. The van der Waals surface area contributed by atoms with Crippen molar-refractivity contribution >= 4 is 23.3 Å². The van der Waals surface area contributed by atoms with Gasteiger partial charge in [-0.1, -0.05) is 95.6 Å². The van der Waals surface area contributed by atoms with E-state index in [0.29, 0.717) is 23.4 Å². The third-order valence-electron chi connectivity index (χ3n) is 8.07. The van der Waals surface area contributed by atoms with E-state index in [4.69, 9.17) is 9.47 Å². The highest BCUT2D eigenvalue weighted by molar-refractivity contribution is 6.99. The highest BCUT2D eigenvalue weighted by Gasteiger charge is 2.36. The summed E-state index contributed by atoms with van der Waals surface area (Å²) in [6.45, 7) is 8.87. The van der Waals surface area contributed by atoms with Gasteiger partial charge in [-0.3, -0.25) is 9.28 Å². The molecular formula is C34H58N3O3S+. The second kappa shape index (κ2) is 21.7. The molecule has 0 spiro atoms. The Balaban J connectivity index is 1.61. The fourth-order valence-electron chi connectivity index (χ4n) is 5.17. The van der Waals surface area contributed by atoms with Crippen molar-refractivity contribution in [3.8, 4) is 5.88 Å². The van der Waals surface area contributed by atoms with E-state index < -0.39 is 0 Å². The summed E-state index contributed by atoms with van der Waals surface area (Å²) in [5.41, 5.74) is 2.01.